The number of phenols is 1. The maximum absolute atomic E-state index is 12.6. The van der Waals surface area contributed by atoms with Crippen molar-refractivity contribution in [1.29, 1.82) is 0 Å². The summed E-state index contributed by atoms with van der Waals surface area (Å²) in [5.74, 6) is -0.508. The first kappa shape index (κ1) is 16.8. The Bertz CT molecular complexity index is 1040. The molecule has 0 unspecified atom stereocenters. The monoisotopic (exact) mass is 363 g/mol. The van der Waals surface area contributed by atoms with Gasteiger partial charge in [-0.25, -0.2) is 4.79 Å². The maximum atomic E-state index is 12.6. The molecule has 2 heterocycles. The lowest BCUT2D eigenvalue weighted by atomic mass is 9.95. The summed E-state index contributed by atoms with van der Waals surface area (Å²) in [6.07, 6.45) is 0. The molecule has 1 aliphatic rings. The number of fused-ring (bicyclic) bond motifs is 1. The van der Waals surface area contributed by atoms with Crippen molar-refractivity contribution in [3.63, 3.8) is 0 Å². The van der Waals surface area contributed by atoms with Crippen LogP contribution < -0.4 is 0 Å². The van der Waals surface area contributed by atoms with Gasteiger partial charge in [0.25, 0.3) is 5.91 Å². The number of ether oxygens (including phenoxy) is 1. The molecular weight excluding hydrogens is 346 g/mol. The van der Waals surface area contributed by atoms with Gasteiger partial charge in [0.05, 0.1) is 18.7 Å². The lowest BCUT2D eigenvalue weighted by Crippen LogP contribution is -2.24. The molecule has 0 bridgehead atoms. The van der Waals surface area contributed by atoms with Gasteiger partial charge in [-0.1, -0.05) is 24.3 Å². The van der Waals surface area contributed by atoms with Gasteiger partial charge in [-0.3, -0.25) is 9.89 Å². The Kier molecular flexibility index (Phi) is 3.92. The molecule has 7 heteroatoms. The molecule has 136 valence electrons. The number of carbonyl (C=O) groups is 2. The van der Waals surface area contributed by atoms with E-state index in [0.717, 1.165) is 5.56 Å². The van der Waals surface area contributed by atoms with Gasteiger partial charge in [0.15, 0.2) is 0 Å². The fourth-order valence-corrected chi connectivity index (χ4v) is 3.46. The van der Waals surface area contributed by atoms with Gasteiger partial charge in [-0.15, -0.1) is 0 Å². The Morgan fingerprint density at radius 1 is 1.19 bits per heavy atom. The number of carbonyl (C=O) groups excluding carboxylic acids is 2. The van der Waals surface area contributed by atoms with Crippen LogP contribution in [0, 0.1) is 0 Å². The number of para-hydroxylation sites is 1. The predicted molar refractivity (Wildman–Crippen MR) is 97.4 cm³/mol. The van der Waals surface area contributed by atoms with Gasteiger partial charge in [-0.05, 0) is 29.8 Å². The number of phenolic OH excluding ortho intramolecular Hbond substituents is 1. The fraction of sp³-hybridized carbons (Fsp3) is 0.150. The number of H-pyrrole nitrogens is 1. The van der Waals surface area contributed by atoms with Crippen molar-refractivity contribution in [3.05, 3.63) is 70.9 Å². The number of benzene rings is 2. The number of esters is 1. The van der Waals surface area contributed by atoms with E-state index in [4.69, 9.17) is 4.74 Å². The lowest BCUT2D eigenvalue weighted by Gasteiger charge is -2.22. The third-order valence-corrected chi connectivity index (χ3v) is 4.81. The lowest BCUT2D eigenvalue weighted by molar-refractivity contribution is 0.0600. The summed E-state index contributed by atoms with van der Waals surface area (Å²) in [6.45, 7) is 0. The van der Waals surface area contributed by atoms with Crippen LogP contribution >= 0.6 is 0 Å². The Morgan fingerprint density at radius 3 is 2.56 bits per heavy atom. The second-order valence-corrected chi connectivity index (χ2v) is 6.31. The van der Waals surface area contributed by atoms with Gasteiger partial charge in [0.2, 0.25) is 0 Å². The van der Waals surface area contributed by atoms with Gasteiger partial charge < -0.3 is 14.7 Å². The zero-order valence-electron chi connectivity index (χ0n) is 14.8. The highest BCUT2D eigenvalue weighted by atomic mass is 16.5. The summed E-state index contributed by atoms with van der Waals surface area (Å²) in [5, 5.41) is 17.3. The number of hydrogen-bond acceptors (Lipinski definition) is 5. The van der Waals surface area contributed by atoms with E-state index in [1.807, 2.05) is 0 Å². The van der Waals surface area contributed by atoms with Gasteiger partial charge in [-0.2, -0.15) is 5.10 Å². The molecule has 27 heavy (non-hydrogen) atoms. The zero-order valence-corrected chi connectivity index (χ0v) is 14.8. The van der Waals surface area contributed by atoms with Crippen LogP contribution in [0.15, 0.2) is 48.5 Å². The molecule has 1 atom stereocenters. The van der Waals surface area contributed by atoms with Crippen molar-refractivity contribution in [1.82, 2.24) is 15.1 Å². The van der Waals surface area contributed by atoms with E-state index in [0.29, 0.717) is 28.1 Å². The molecule has 7 nitrogen and oxygen atoms in total. The molecule has 0 saturated carbocycles. The van der Waals surface area contributed by atoms with Crippen LogP contribution in [0.5, 0.6) is 5.75 Å². The normalized spacial score (nSPS) is 15.7. The minimum Gasteiger partial charge on any atom is -0.507 e. The van der Waals surface area contributed by atoms with E-state index in [1.54, 1.807) is 60.5 Å². The molecule has 1 amide bonds. The summed E-state index contributed by atoms with van der Waals surface area (Å²) in [7, 11) is 3.04. The van der Waals surface area contributed by atoms with Crippen molar-refractivity contribution in [2.45, 2.75) is 6.04 Å². The minimum absolute atomic E-state index is 0.0913. The first-order valence-corrected chi connectivity index (χ1v) is 8.35. The van der Waals surface area contributed by atoms with Crippen LogP contribution in [0.25, 0.3) is 11.3 Å². The first-order valence-electron chi connectivity index (χ1n) is 8.35. The Balaban J connectivity index is 1.83. The third kappa shape index (κ3) is 2.55. The molecule has 3 aromatic rings. The molecule has 4 rings (SSSR count). The van der Waals surface area contributed by atoms with Gasteiger partial charge in [0, 0.05) is 18.2 Å². The van der Waals surface area contributed by atoms with Crippen LogP contribution in [-0.4, -0.2) is 46.2 Å². The molecular formula is C20H17N3O4. The number of aromatic amines is 1. The van der Waals surface area contributed by atoms with Crippen molar-refractivity contribution in [2.24, 2.45) is 0 Å². The molecule has 1 aliphatic heterocycles. The molecule has 1 aromatic heterocycles. The topological polar surface area (TPSA) is 95.5 Å². The zero-order chi connectivity index (χ0) is 19.1. The minimum atomic E-state index is -0.420. The second-order valence-electron chi connectivity index (χ2n) is 6.31. The number of amides is 1. The van der Waals surface area contributed by atoms with Crippen LogP contribution in [-0.2, 0) is 4.74 Å². The highest BCUT2D eigenvalue weighted by molar-refractivity contribution is 6.00. The Hall–Kier alpha value is -3.61. The number of hydrogen-bond donors (Lipinski definition) is 2. The fourth-order valence-electron chi connectivity index (χ4n) is 3.46. The largest absolute Gasteiger partial charge is 0.507 e. The first-order chi connectivity index (χ1) is 13.0. The van der Waals surface area contributed by atoms with E-state index < -0.39 is 5.97 Å². The van der Waals surface area contributed by atoms with Crippen molar-refractivity contribution in [2.75, 3.05) is 14.2 Å². The number of aromatic hydroxyl groups is 1. The van der Waals surface area contributed by atoms with Crippen LogP contribution in [0.1, 0.15) is 38.0 Å². The number of rotatable bonds is 3. The number of aromatic nitrogens is 2. The molecule has 0 fully saturated rings. The van der Waals surface area contributed by atoms with Crippen molar-refractivity contribution >= 4 is 11.9 Å². The highest BCUT2D eigenvalue weighted by Gasteiger charge is 2.40. The Morgan fingerprint density at radius 2 is 1.89 bits per heavy atom. The average Bonchev–Trinajstić information content (AvgIpc) is 3.21. The van der Waals surface area contributed by atoms with E-state index in [2.05, 4.69) is 10.2 Å². The van der Waals surface area contributed by atoms with Crippen LogP contribution in [0.4, 0.5) is 0 Å². The second kappa shape index (κ2) is 6.28. The standard InChI is InChI=1S/C20H17N3O4/c1-23-18(11-7-9-12(10-8-11)20(26)27-2)15-16(21-22-17(15)19(23)25)13-5-3-4-6-14(13)24/h3-10,18,24H,1-2H3,(H,21,22)/t18-/m0/s1. The molecule has 2 N–H and O–H groups in total. The molecule has 0 aliphatic carbocycles. The molecule has 0 spiro atoms. The third-order valence-electron chi connectivity index (χ3n) is 4.81. The summed E-state index contributed by atoms with van der Waals surface area (Å²) in [6, 6.07) is 13.4. The van der Waals surface area contributed by atoms with Gasteiger partial charge in [0.1, 0.15) is 17.1 Å². The summed E-state index contributed by atoms with van der Waals surface area (Å²) < 4.78 is 4.73. The molecule has 0 radical (unpaired) electrons. The Labute approximate surface area is 155 Å². The van der Waals surface area contributed by atoms with Crippen molar-refractivity contribution < 1.29 is 19.4 Å². The quantitative estimate of drug-likeness (QED) is 0.698. The summed E-state index contributed by atoms with van der Waals surface area (Å²) in [5.41, 5.74) is 3.45. The highest BCUT2D eigenvalue weighted by Crippen LogP contribution is 2.43. The van der Waals surface area contributed by atoms with E-state index in [1.165, 1.54) is 7.11 Å². The van der Waals surface area contributed by atoms with Gasteiger partial charge >= 0.3 is 5.97 Å². The average molecular weight is 363 g/mol. The van der Waals surface area contributed by atoms with E-state index in [-0.39, 0.29) is 17.7 Å². The van der Waals surface area contributed by atoms with E-state index in [9.17, 15) is 14.7 Å². The smallest absolute Gasteiger partial charge is 0.337 e. The summed E-state index contributed by atoms with van der Waals surface area (Å²) >= 11 is 0. The van der Waals surface area contributed by atoms with E-state index >= 15 is 0 Å². The number of nitrogens with one attached hydrogen (secondary N) is 1. The maximum Gasteiger partial charge on any atom is 0.337 e. The molecule has 0 saturated heterocycles. The molecule has 2 aromatic carbocycles. The predicted octanol–water partition coefficient (Wildman–Crippen LogP) is 2.74. The van der Waals surface area contributed by atoms with Crippen molar-refractivity contribution in [3.8, 4) is 17.0 Å². The number of nitrogens with zero attached hydrogens (tertiary/aromatic N) is 2. The SMILES string of the molecule is COC(=O)c1ccc([C@H]2c3c(-c4ccccc4O)n[nH]c3C(=O)N2C)cc1. The number of methoxy groups -OCH3 is 1. The van der Waals surface area contributed by atoms with Crippen LogP contribution in [0.2, 0.25) is 0 Å². The van der Waals surface area contributed by atoms with Crippen LogP contribution in [0.3, 0.4) is 0 Å². The summed E-state index contributed by atoms with van der Waals surface area (Å²) in [4.78, 5) is 25.9.